The van der Waals surface area contributed by atoms with E-state index in [0.717, 1.165) is 19.3 Å². The van der Waals surface area contributed by atoms with Gasteiger partial charge in [-0.05, 0) is 31.4 Å². The number of halogens is 1. The molecule has 5 heteroatoms. The third-order valence-electron chi connectivity index (χ3n) is 3.89. The highest BCUT2D eigenvalue weighted by molar-refractivity contribution is 6.32. The quantitative estimate of drug-likeness (QED) is 0.610. The van der Waals surface area contributed by atoms with Crippen molar-refractivity contribution in [2.24, 2.45) is 0 Å². The Morgan fingerprint density at radius 2 is 1.91 bits per heavy atom. The van der Waals surface area contributed by atoms with E-state index < -0.39 is 0 Å². The van der Waals surface area contributed by atoms with Crippen LogP contribution >= 0.6 is 11.6 Å². The molecule has 0 unspecified atom stereocenters. The summed E-state index contributed by atoms with van der Waals surface area (Å²) in [6.07, 6.45) is 7.97. The largest absolute Gasteiger partial charge is 0.492 e. The van der Waals surface area contributed by atoms with E-state index in [2.05, 4.69) is 10.6 Å². The van der Waals surface area contributed by atoms with Gasteiger partial charge in [0.1, 0.15) is 5.75 Å². The Balaban J connectivity index is 1.56. The minimum atomic E-state index is -0.0651. The number of hydrogen-bond donors (Lipinski definition) is 2. The summed E-state index contributed by atoms with van der Waals surface area (Å²) in [5, 5.41) is 6.57. The van der Waals surface area contributed by atoms with Crippen LogP contribution in [0.1, 0.15) is 44.9 Å². The number of amides is 2. The summed E-state index contributed by atoms with van der Waals surface area (Å²) in [6, 6.07) is 7.67. The Morgan fingerprint density at radius 1 is 1.18 bits per heavy atom. The first-order chi connectivity index (χ1) is 10.8. The van der Waals surface area contributed by atoms with E-state index in [1.165, 1.54) is 25.7 Å². The fourth-order valence-corrected chi connectivity index (χ4v) is 2.87. The molecule has 0 spiro atoms. The number of rotatable bonds is 6. The average molecular weight is 325 g/mol. The fraction of sp³-hybridized carbons (Fsp3) is 0.588. The van der Waals surface area contributed by atoms with Gasteiger partial charge in [-0.2, -0.15) is 0 Å². The summed E-state index contributed by atoms with van der Waals surface area (Å²) >= 11 is 6.00. The SMILES string of the molecule is O=C(NCCCOc1ccccc1Cl)NC1CCCCCC1. The first-order valence-electron chi connectivity index (χ1n) is 8.17. The molecule has 22 heavy (non-hydrogen) atoms. The van der Waals surface area contributed by atoms with Crippen molar-refractivity contribution < 1.29 is 9.53 Å². The van der Waals surface area contributed by atoms with Crippen molar-refractivity contribution in [1.82, 2.24) is 10.6 Å². The maximum Gasteiger partial charge on any atom is 0.315 e. The summed E-state index contributed by atoms with van der Waals surface area (Å²) in [7, 11) is 0. The molecule has 0 radical (unpaired) electrons. The third kappa shape index (κ3) is 6.14. The van der Waals surface area contributed by atoms with E-state index in [0.29, 0.717) is 30.0 Å². The second-order valence-electron chi connectivity index (χ2n) is 5.72. The number of hydrogen-bond acceptors (Lipinski definition) is 2. The summed E-state index contributed by atoms with van der Waals surface area (Å²) < 4.78 is 5.58. The molecular formula is C17H25ClN2O2. The predicted octanol–water partition coefficient (Wildman–Crippen LogP) is 4.13. The maximum atomic E-state index is 11.8. The number of carbonyl (C=O) groups is 1. The van der Waals surface area contributed by atoms with E-state index in [4.69, 9.17) is 16.3 Å². The molecular weight excluding hydrogens is 300 g/mol. The van der Waals surface area contributed by atoms with Crippen LogP contribution in [0.4, 0.5) is 4.79 Å². The van der Waals surface area contributed by atoms with Gasteiger partial charge in [0.05, 0.1) is 11.6 Å². The number of nitrogens with one attached hydrogen (secondary N) is 2. The molecule has 2 N–H and O–H groups in total. The lowest BCUT2D eigenvalue weighted by Gasteiger charge is -2.16. The van der Waals surface area contributed by atoms with Crippen molar-refractivity contribution in [3.05, 3.63) is 29.3 Å². The highest BCUT2D eigenvalue weighted by Crippen LogP contribution is 2.23. The summed E-state index contributed by atoms with van der Waals surface area (Å²) in [4.78, 5) is 11.8. The van der Waals surface area contributed by atoms with Gasteiger partial charge >= 0.3 is 6.03 Å². The molecule has 122 valence electrons. The van der Waals surface area contributed by atoms with Crippen LogP contribution in [0.3, 0.4) is 0 Å². The molecule has 4 nitrogen and oxygen atoms in total. The van der Waals surface area contributed by atoms with Crippen molar-refractivity contribution in [3.8, 4) is 5.75 Å². The Labute approximate surface area is 137 Å². The van der Waals surface area contributed by atoms with Crippen molar-refractivity contribution >= 4 is 17.6 Å². The van der Waals surface area contributed by atoms with Crippen molar-refractivity contribution in [2.45, 2.75) is 51.0 Å². The summed E-state index contributed by atoms with van der Waals surface area (Å²) in [6.45, 7) is 1.14. The van der Waals surface area contributed by atoms with Crippen molar-refractivity contribution in [3.63, 3.8) is 0 Å². The standard InChI is InChI=1S/C17H25ClN2O2/c18-15-10-5-6-11-16(15)22-13-7-12-19-17(21)20-14-8-3-1-2-4-9-14/h5-6,10-11,14H,1-4,7-9,12-13H2,(H2,19,20,21). The Kier molecular flexibility index (Phi) is 7.37. The molecule has 1 fully saturated rings. The first-order valence-corrected chi connectivity index (χ1v) is 8.55. The second-order valence-corrected chi connectivity index (χ2v) is 6.13. The van der Waals surface area contributed by atoms with Crippen LogP contribution in [0.2, 0.25) is 5.02 Å². The molecule has 1 aliphatic rings. The van der Waals surface area contributed by atoms with Gasteiger partial charge < -0.3 is 15.4 Å². The highest BCUT2D eigenvalue weighted by atomic mass is 35.5. The zero-order valence-electron chi connectivity index (χ0n) is 12.9. The maximum absolute atomic E-state index is 11.8. The molecule has 0 atom stereocenters. The van der Waals surface area contributed by atoms with Gasteiger partial charge in [0.15, 0.2) is 0 Å². The van der Waals surface area contributed by atoms with Crippen LogP contribution in [0.25, 0.3) is 0 Å². The topological polar surface area (TPSA) is 50.4 Å². The minimum absolute atomic E-state index is 0.0651. The zero-order valence-corrected chi connectivity index (χ0v) is 13.7. The number of benzene rings is 1. The Morgan fingerprint density at radius 3 is 2.64 bits per heavy atom. The van der Waals surface area contributed by atoms with E-state index in [-0.39, 0.29) is 6.03 Å². The van der Waals surface area contributed by atoms with Gasteiger partial charge in [-0.15, -0.1) is 0 Å². The fourth-order valence-electron chi connectivity index (χ4n) is 2.68. The number of para-hydroxylation sites is 1. The molecule has 0 saturated heterocycles. The minimum Gasteiger partial charge on any atom is -0.492 e. The smallest absolute Gasteiger partial charge is 0.315 e. The molecule has 1 aliphatic carbocycles. The molecule has 2 rings (SSSR count). The van der Waals surface area contributed by atoms with Crippen LogP contribution in [-0.4, -0.2) is 25.2 Å². The molecule has 0 aliphatic heterocycles. The van der Waals surface area contributed by atoms with Crippen molar-refractivity contribution in [1.29, 1.82) is 0 Å². The van der Waals surface area contributed by atoms with E-state index >= 15 is 0 Å². The van der Waals surface area contributed by atoms with Crippen LogP contribution in [-0.2, 0) is 0 Å². The van der Waals surface area contributed by atoms with Gasteiger partial charge in [0.2, 0.25) is 0 Å². The lowest BCUT2D eigenvalue weighted by atomic mass is 10.1. The monoisotopic (exact) mass is 324 g/mol. The molecule has 0 heterocycles. The molecule has 0 aromatic heterocycles. The number of carbonyl (C=O) groups excluding carboxylic acids is 1. The van der Waals surface area contributed by atoms with Crippen LogP contribution in [0.15, 0.2) is 24.3 Å². The van der Waals surface area contributed by atoms with Gasteiger partial charge in [0, 0.05) is 12.6 Å². The molecule has 0 bridgehead atoms. The highest BCUT2D eigenvalue weighted by Gasteiger charge is 2.14. The Bertz CT molecular complexity index is 460. The van der Waals surface area contributed by atoms with Gasteiger partial charge in [-0.3, -0.25) is 0 Å². The van der Waals surface area contributed by atoms with Gasteiger partial charge in [-0.25, -0.2) is 4.79 Å². The van der Waals surface area contributed by atoms with Crippen molar-refractivity contribution in [2.75, 3.05) is 13.2 Å². The van der Waals surface area contributed by atoms with Crippen LogP contribution in [0, 0.1) is 0 Å². The van der Waals surface area contributed by atoms with Gasteiger partial charge in [-0.1, -0.05) is 49.4 Å². The van der Waals surface area contributed by atoms with Gasteiger partial charge in [0.25, 0.3) is 0 Å². The van der Waals surface area contributed by atoms with Crippen LogP contribution in [0.5, 0.6) is 5.75 Å². The van der Waals surface area contributed by atoms with E-state index in [1.807, 2.05) is 18.2 Å². The van der Waals surface area contributed by atoms with E-state index in [9.17, 15) is 4.79 Å². The average Bonchev–Trinajstić information content (AvgIpc) is 2.77. The third-order valence-corrected chi connectivity index (χ3v) is 4.20. The first kappa shape index (κ1) is 16.9. The zero-order chi connectivity index (χ0) is 15.6. The number of urea groups is 1. The predicted molar refractivity (Wildman–Crippen MR) is 89.6 cm³/mol. The molecule has 2 amide bonds. The number of ether oxygens (including phenoxy) is 1. The summed E-state index contributed by atoms with van der Waals surface area (Å²) in [5.41, 5.74) is 0. The lowest BCUT2D eigenvalue weighted by molar-refractivity contribution is 0.234. The van der Waals surface area contributed by atoms with E-state index in [1.54, 1.807) is 6.07 Å². The second kappa shape index (κ2) is 9.57. The Hall–Kier alpha value is -1.42. The molecule has 1 aromatic rings. The molecule has 1 aromatic carbocycles. The van der Waals surface area contributed by atoms with Crippen LogP contribution < -0.4 is 15.4 Å². The molecule has 1 saturated carbocycles. The lowest BCUT2D eigenvalue weighted by Crippen LogP contribution is -2.42. The normalized spacial score (nSPS) is 15.9. The summed E-state index contributed by atoms with van der Waals surface area (Å²) in [5.74, 6) is 0.687.